The smallest absolute Gasteiger partial charge is 0.383 e. The fourth-order valence-corrected chi connectivity index (χ4v) is 2.07. The van der Waals surface area contributed by atoms with Crippen molar-refractivity contribution in [2.75, 3.05) is 6.61 Å². The Morgan fingerprint density at radius 3 is 2.83 bits per heavy atom. The first kappa shape index (κ1) is 16.6. The van der Waals surface area contributed by atoms with E-state index in [1.165, 1.54) is 19.1 Å². The summed E-state index contributed by atoms with van der Waals surface area (Å²) in [4.78, 5) is 23.1. The van der Waals surface area contributed by atoms with Gasteiger partial charge in [0.1, 0.15) is 16.7 Å². The van der Waals surface area contributed by atoms with Crippen molar-refractivity contribution in [3.63, 3.8) is 0 Å². The number of fused-ring (bicyclic) bond motifs is 1. The molecule has 2 rings (SSSR count). The summed E-state index contributed by atoms with van der Waals surface area (Å²) in [5, 5.41) is 10.5. The van der Waals surface area contributed by atoms with Crippen LogP contribution in [-0.2, 0) is 4.79 Å². The van der Waals surface area contributed by atoms with Gasteiger partial charge in [-0.1, -0.05) is 25.1 Å². The molecule has 0 atom stereocenters. The van der Waals surface area contributed by atoms with Crippen LogP contribution in [0, 0.1) is 0 Å². The van der Waals surface area contributed by atoms with Crippen molar-refractivity contribution >= 4 is 16.9 Å². The van der Waals surface area contributed by atoms with E-state index in [1.807, 2.05) is 19.1 Å². The third-order valence-corrected chi connectivity index (χ3v) is 3.01. The molecule has 0 aliphatic heterocycles. The molecule has 2 aromatic rings. The molecule has 0 spiro atoms. The topological polar surface area (TPSA) is 86.0 Å². The summed E-state index contributed by atoms with van der Waals surface area (Å²) in [6.07, 6.45) is 5.40. The minimum absolute atomic E-state index is 0.104. The summed E-state index contributed by atoms with van der Waals surface area (Å²) in [6, 6.07) is 4.55. The van der Waals surface area contributed by atoms with Crippen LogP contribution in [0.15, 0.2) is 39.6 Å². The van der Waals surface area contributed by atoms with E-state index in [4.69, 9.17) is 13.9 Å². The molecule has 0 unspecified atom stereocenters. The number of aromatic hydroxyl groups is 1. The van der Waals surface area contributed by atoms with Crippen LogP contribution < -0.4 is 15.1 Å². The average Bonchev–Trinajstić information content (AvgIpc) is 2.49. The molecular weight excluding hydrogens is 300 g/mol. The van der Waals surface area contributed by atoms with E-state index in [-0.39, 0.29) is 29.1 Å². The molecule has 0 aliphatic carbocycles. The highest BCUT2D eigenvalue weighted by molar-refractivity contribution is 5.92. The second-order valence-electron chi connectivity index (χ2n) is 4.81. The molecule has 0 aliphatic rings. The van der Waals surface area contributed by atoms with Crippen molar-refractivity contribution in [1.82, 2.24) is 0 Å². The summed E-state index contributed by atoms with van der Waals surface area (Å²) in [6.45, 7) is 3.47. The van der Waals surface area contributed by atoms with Gasteiger partial charge in [0.15, 0.2) is 5.75 Å². The van der Waals surface area contributed by atoms with Gasteiger partial charge in [-0.05, 0) is 25.0 Å². The van der Waals surface area contributed by atoms with E-state index in [9.17, 15) is 14.7 Å². The molecule has 122 valence electrons. The standard InChI is InChI=1S/C17H18O6/c1-3-4-5-6-10-21-16-15(19)14-12(22-11(2)18)8-7-9-13(14)23-17(16)20/h4-5,7-9,19H,3,6,10H2,1-2H3/b5-4+. The number of ether oxygens (including phenoxy) is 2. The van der Waals surface area contributed by atoms with Crippen LogP contribution in [0.25, 0.3) is 11.0 Å². The van der Waals surface area contributed by atoms with Crippen molar-refractivity contribution in [2.24, 2.45) is 0 Å². The summed E-state index contributed by atoms with van der Waals surface area (Å²) < 4.78 is 15.5. The Kier molecular flexibility index (Phi) is 5.41. The fourth-order valence-electron chi connectivity index (χ4n) is 2.07. The van der Waals surface area contributed by atoms with E-state index in [0.29, 0.717) is 6.42 Å². The van der Waals surface area contributed by atoms with Crippen LogP contribution >= 0.6 is 0 Å². The van der Waals surface area contributed by atoms with Gasteiger partial charge in [-0.25, -0.2) is 4.79 Å². The monoisotopic (exact) mass is 318 g/mol. The van der Waals surface area contributed by atoms with E-state index in [0.717, 1.165) is 6.42 Å². The fraction of sp³-hybridized carbons (Fsp3) is 0.294. The quantitative estimate of drug-likeness (QED) is 0.289. The molecule has 0 bridgehead atoms. The van der Waals surface area contributed by atoms with Crippen molar-refractivity contribution in [3.05, 3.63) is 40.8 Å². The highest BCUT2D eigenvalue weighted by Gasteiger charge is 2.19. The first-order valence-electron chi connectivity index (χ1n) is 7.29. The third-order valence-electron chi connectivity index (χ3n) is 3.01. The van der Waals surface area contributed by atoms with Crippen molar-refractivity contribution < 1.29 is 23.8 Å². The molecule has 0 amide bonds. The Balaban J connectivity index is 2.39. The first-order valence-corrected chi connectivity index (χ1v) is 7.29. The Morgan fingerprint density at radius 1 is 1.35 bits per heavy atom. The largest absolute Gasteiger partial charge is 0.503 e. The van der Waals surface area contributed by atoms with E-state index < -0.39 is 17.3 Å². The molecule has 1 N–H and O–H groups in total. The number of hydrogen-bond donors (Lipinski definition) is 1. The predicted octanol–water partition coefficient (Wildman–Crippen LogP) is 3.16. The molecule has 1 aromatic heterocycles. The number of esters is 1. The first-order chi connectivity index (χ1) is 11.0. The van der Waals surface area contributed by atoms with Gasteiger partial charge in [0.25, 0.3) is 0 Å². The molecule has 1 heterocycles. The normalized spacial score (nSPS) is 11.0. The molecule has 6 heteroatoms. The molecule has 23 heavy (non-hydrogen) atoms. The maximum atomic E-state index is 11.9. The SMILES string of the molecule is CC/C=C/CCOc1c(O)c2c(OC(C)=O)cccc2oc1=O. The van der Waals surface area contributed by atoms with Gasteiger partial charge in [0.2, 0.25) is 5.75 Å². The Labute approximate surface area is 132 Å². The Morgan fingerprint density at radius 2 is 2.13 bits per heavy atom. The van der Waals surface area contributed by atoms with Crippen LogP contribution in [0.3, 0.4) is 0 Å². The molecule has 0 radical (unpaired) electrons. The molecule has 6 nitrogen and oxygen atoms in total. The minimum Gasteiger partial charge on any atom is -0.503 e. The van der Waals surface area contributed by atoms with Gasteiger partial charge in [-0.2, -0.15) is 0 Å². The maximum Gasteiger partial charge on any atom is 0.383 e. The maximum absolute atomic E-state index is 11.9. The van der Waals surface area contributed by atoms with Gasteiger partial charge in [0.05, 0.1) is 6.61 Å². The van der Waals surface area contributed by atoms with Crippen molar-refractivity contribution in [1.29, 1.82) is 0 Å². The number of benzene rings is 1. The zero-order valence-electron chi connectivity index (χ0n) is 13.0. The summed E-state index contributed by atoms with van der Waals surface area (Å²) in [5.41, 5.74) is -0.668. The Hall–Kier alpha value is -2.76. The lowest BCUT2D eigenvalue weighted by Crippen LogP contribution is -2.09. The zero-order valence-corrected chi connectivity index (χ0v) is 13.0. The van der Waals surface area contributed by atoms with Crippen LogP contribution in [-0.4, -0.2) is 17.7 Å². The minimum atomic E-state index is -0.783. The van der Waals surface area contributed by atoms with E-state index >= 15 is 0 Å². The average molecular weight is 318 g/mol. The molecule has 0 saturated heterocycles. The summed E-state index contributed by atoms with van der Waals surface area (Å²) >= 11 is 0. The number of carbonyl (C=O) groups is 1. The van der Waals surface area contributed by atoms with Crippen molar-refractivity contribution in [3.8, 4) is 17.2 Å². The van der Waals surface area contributed by atoms with Crippen LogP contribution in [0.4, 0.5) is 0 Å². The predicted molar refractivity (Wildman–Crippen MR) is 85.0 cm³/mol. The van der Waals surface area contributed by atoms with Crippen LogP contribution in [0.2, 0.25) is 0 Å². The lowest BCUT2D eigenvalue weighted by molar-refractivity contribution is -0.131. The second-order valence-corrected chi connectivity index (χ2v) is 4.81. The van der Waals surface area contributed by atoms with Gasteiger partial charge in [-0.15, -0.1) is 0 Å². The van der Waals surface area contributed by atoms with Crippen molar-refractivity contribution in [2.45, 2.75) is 26.7 Å². The molecule has 0 fully saturated rings. The highest BCUT2D eigenvalue weighted by atomic mass is 16.5. The molecule has 0 saturated carbocycles. The molecular formula is C17H18O6. The molecule has 1 aromatic carbocycles. The number of carbonyl (C=O) groups excluding carboxylic acids is 1. The van der Waals surface area contributed by atoms with E-state index in [2.05, 4.69) is 0 Å². The van der Waals surface area contributed by atoms with Crippen LogP contribution in [0.1, 0.15) is 26.7 Å². The number of allylic oxidation sites excluding steroid dienone is 1. The third kappa shape index (κ3) is 3.91. The zero-order chi connectivity index (χ0) is 16.8. The summed E-state index contributed by atoms with van der Waals surface area (Å²) in [5.74, 6) is -1.13. The highest BCUT2D eigenvalue weighted by Crippen LogP contribution is 2.37. The second kappa shape index (κ2) is 7.49. The lowest BCUT2D eigenvalue weighted by atomic mass is 10.2. The lowest BCUT2D eigenvalue weighted by Gasteiger charge is -2.10. The number of rotatable bonds is 6. The van der Waals surface area contributed by atoms with Crippen LogP contribution in [0.5, 0.6) is 17.2 Å². The van der Waals surface area contributed by atoms with Gasteiger partial charge >= 0.3 is 11.6 Å². The summed E-state index contributed by atoms with van der Waals surface area (Å²) in [7, 11) is 0. The van der Waals surface area contributed by atoms with Gasteiger partial charge in [0, 0.05) is 6.92 Å². The number of hydrogen-bond acceptors (Lipinski definition) is 6. The Bertz CT molecular complexity index is 788. The van der Waals surface area contributed by atoms with Gasteiger partial charge in [-0.3, -0.25) is 4.79 Å². The van der Waals surface area contributed by atoms with E-state index in [1.54, 1.807) is 6.07 Å². The van der Waals surface area contributed by atoms with Gasteiger partial charge < -0.3 is 19.0 Å².